The standard InChI is InChI=1S/C40H33N5/c1-2-8-31-28(6-1)7-5-10-32(31)29-14-12-27(13-15-29)30-16-17-38-35(24-30)40(26-43-38)19-22-45(23-20-40)39-41-21-18-37(44-39)34-25-42-36-11-4-3-9-33(34)36/h1-18,21,24-25,42-43H,19-20,22-23,26H2. The van der Waals surface area contributed by atoms with Crippen LogP contribution in [0.25, 0.3) is 55.2 Å². The van der Waals surface area contributed by atoms with Crippen molar-refractivity contribution < 1.29 is 0 Å². The van der Waals surface area contributed by atoms with Crippen LogP contribution in [0.3, 0.4) is 0 Å². The van der Waals surface area contributed by atoms with Gasteiger partial charge >= 0.3 is 0 Å². The van der Waals surface area contributed by atoms with Crippen LogP contribution in [0.4, 0.5) is 11.6 Å². The molecule has 0 atom stereocenters. The van der Waals surface area contributed by atoms with Gasteiger partial charge in [0.1, 0.15) is 0 Å². The van der Waals surface area contributed by atoms with E-state index in [0.717, 1.165) is 55.2 Å². The topological polar surface area (TPSA) is 56.8 Å². The number of benzene rings is 5. The second-order valence-electron chi connectivity index (χ2n) is 12.5. The molecule has 0 radical (unpaired) electrons. The van der Waals surface area contributed by atoms with Crippen molar-refractivity contribution >= 4 is 33.3 Å². The van der Waals surface area contributed by atoms with Crippen molar-refractivity contribution in [2.24, 2.45) is 0 Å². The second-order valence-corrected chi connectivity index (χ2v) is 12.5. The number of para-hydroxylation sites is 1. The Labute approximate surface area is 262 Å². The molecule has 45 heavy (non-hydrogen) atoms. The highest BCUT2D eigenvalue weighted by atomic mass is 15.3. The molecule has 2 aliphatic rings. The molecule has 5 heteroatoms. The molecule has 0 bridgehead atoms. The van der Waals surface area contributed by atoms with Gasteiger partial charge in [0.05, 0.1) is 5.69 Å². The van der Waals surface area contributed by atoms with Crippen LogP contribution in [-0.2, 0) is 5.41 Å². The number of rotatable bonds is 4. The summed E-state index contributed by atoms with van der Waals surface area (Å²) in [7, 11) is 0. The van der Waals surface area contributed by atoms with Gasteiger partial charge in [0.2, 0.25) is 5.95 Å². The third kappa shape index (κ3) is 4.38. The largest absolute Gasteiger partial charge is 0.384 e. The zero-order chi connectivity index (χ0) is 29.8. The van der Waals surface area contributed by atoms with Gasteiger partial charge in [-0.15, -0.1) is 0 Å². The minimum atomic E-state index is 0.124. The normalized spacial score (nSPS) is 15.4. The molecule has 1 fully saturated rings. The molecular formula is C40H33N5. The highest BCUT2D eigenvalue weighted by molar-refractivity contribution is 5.97. The van der Waals surface area contributed by atoms with Gasteiger partial charge in [-0.1, -0.05) is 91.0 Å². The lowest BCUT2D eigenvalue weighted by Gasteiger charge is -2.39. The second kappa shape index (κ2) is 10.3. The van der Waals surface area contributed by atoms with E-state index in [-0.39, 0.29) is 5.41 Å². The molecule has 0 saturated carbocycles. The van der Waals surface area contributed by atoms with Gasteiger partial charge in [0.15, 0.2) is 0 Å². The summed E-state index contributed by atoms with van der Waals surface area (Å²) in [5.74, 6) is 0.818. The number of hydrogen-bond acceptors (Lipinski definition) is 4. The third-order valence-corrected chi connectivity index (χ3v) is 10.0. The lowest BCUT2D eigenvalue weighted by atomic mass is 9.74. The molecular weight excluding hydrogens is 550 g/mol. The van der Waals surface area contributed by atoms with Crippen molar-refractivity contribution in [1.29, 1.82) is 0 Å². The molecule has 5 nitrogen and oxygen atoms in total. The quantitative estimate of drug-likeness (QED) is 0.217. The summed E-state index contributed by atoms with van der Waals surface area (Å²) in [5.41, 5.74) is 11.1. The molecule has 0 unspecified atom stereocenters. The van der Waals surface area contributed by atoms with Crippen LogP contribution in [0, 0.1) is 0 Å². The van der Waals surface area contributed by atoms with E-state index in [1.54, 1.807) is 0 Å². The Balaban J connectivity index is 0.960. The number of anilines is 2. The number of fused-ring (bicyclic) bond motifs is 4. The van der Waals surface area contributed by atoms with Gasteiger partial charge in [-0.2, -0.15) is 0 Å². The van der Waals surface area contributed by atoms with Crippen LogP contribution in [0.1, 0.15) is 18.4 Å². The summed E-state index contributed by atoms with van der Waals surface area (Å²) in [4.78, 5) is 15.5. The molecule has 0 aliphatic carbocycles. The number of nitrogens with one attached hydrogen (secondary N) is 2. The number of nitrogens with zero attached hydrogens (tertiary/aromatic N) is 3. The maximum absolute atomic E-state index is 5.03. The first-order chi connectivity index (χ1) is 22.2. The Morgan fingerprint density at radius 2 is 1.42 bits per heavy atom. The summed E-state index contributed by atoms with van der Waals surface area (Å²) < 4.78 is 0. The predicted octanol–water partition coefficient (Wildman–Crippen LogP) is 9.08. The number of piperidine rings is 1. The summed E-state index contributed by atoms with van der Waals surface area (Å²) >= 11 is 0. The lowest BCUT2D eigenvalue weighted by Crippen LogP contribution is -2.44. The van der Waals surface area contributed by atoms with Gasteiger partial charge in [-0.05, 0) is 75.7 Å². The van der Waals surface area contributed by atoms with E-state index in [0.29, 0.717) is 0 Å². The highest BCUT2D eigenvalue weighted by Gasteiger charge is 2.42. The fraction of sp³-hybridized carbons (Fsp3) is 0.150. The van der Waals surface area contributed by atoms with Crippen LogP contribution < -0.4 is 10.2 Å². The Hall–Kier alpha value is -5.42. The zero-order valence-electron chi connectivity index (χ0n) is 25.0. The summed E-state index contributed by atoms with van der Waals surface area (Å²) in [6, 6.07) is 41.6. The van der Waals surface area contributed by atoms with E-state index in [4.69, 9.17) is 9.97 Å². The first-order valence-corrected chi connectivity index (χ1v) is 15.9. The van der Waals surface area contributed by atoms with E-state index >= 15 is 0 Å². The van der Waals surface area contributed by atoms with Gasteiger partial charge in [0, 0.05) is 59.6 Å². The monoisotopic (exact) mass is 583 g/mol. The van der Waals surface area contributed by atoms with E-state index < -0.39 is 0 Å². The molecule has 2 aliphatic heterocycles. The Morgan fingerprint density at radius 3 is 2.31 bits per heavy atom. The van der Waals surface area contributed by atoms with Crippen molar-refractivity contribution in [1.82, 2.24) is 15.0 Å². The maximum Gasteiger partial charge on any atom is 0.225 e. The zero-order valence-corrected chi connectivity index (χ0v) is 25.0. The molecule has 1 saturated heterocycles. The molecule has 9 rings (SSSR count). The molecule has 2 N–H and O–H groups in total. The third-order valence-electron chi connectivity index (χ3n) is 10.0. The average Bonchev–Trinajstić information content (AvgIpc) is 3.70. The minimum absolute atomic E-state index is 0.124. The van der Waals surface area contributed by atoms with Gasteiger partial charge in [0.25, 0.3) is 0 Å². The molecule has 4 heterocycles. The van der Waals surface area contributed by atoms with E-state index in [9.17, 15) is 0 Å². The summed E-state index contributed by atoms with van der Waals surface area (Å²) in [6.07, 6.45) is 6.08. The molecule has 218 valence electrons. The van der Waals surface area contributed by atoms with Crippen LogP contribution in [0.2, 0.25) is 0 Å². The van der Waals surface area contributed by atoms with E-state index in [2.05, 4.69) is 131 Å². The maximum atomic E-state index is 5.03. The van der Waals surface area contributed by atoms with Gasteiger partial charge in [-0.25, -0.2) is 9.97 Å². The predicted molar refractivity (Wildman–Crippen MR) is 186 cm³/mol. The SMILES string of the molecule is c1ccc2c(-c3ccc(-c4ccc5c(c4)C4(CCN(c6nccc(-c7c[nH]c8ccccc78)n6)CC4)CN5)cc3)cccc2c1. The van der Waals surface area contributed by atoms with Gasteiger partial charge < -0.3 is 15.2 Å². The Kier molecular flexibility index (Phi) is 5.98. The van der Waals surface area contributed by atoms with E-state index in [1.165, 1.54) is 49.7 Å². The van der Waals surface area contributed by atoms with Gasteiger partial charge in [-0.3, -0.25) is 0 Å². The molecule has 7 aromatic rings. The molecule has 5 aromatic carbocycles. The highest BCUT2D eigenvalue weighted by Crippen LogP contribution is 2.46. The number of aromatic nitrogens is 3. The molecule has 0 amide bonds. The van der Waals surface area contributed by atoms with Crippen LogP contribution >= 0.6 is 0 Å². The number of hydrogen-bond donors (Lipinski definition) is 2. The van der Waals surface area contributed by atoms with Crippen molar-refractivity contribution in [2.75, 3.05) is 29.9 Å². The smallest absolute Gasteiger partial charge is 0.225 e. The number of H-pyrrole nitrogens is 1. The van der Waals surface area contributed by atoms with Crippen LogP contribution in [0.5, 0.6) is 0 Å². The first-order valence-electron chi connectivity index (χ1n) is 15.9. The number of aromatic amines is 1. The minimum Gasteiger partial charge on any atom is -0.384 e. The fourth-order valence-corrected chi connectivity index (χ4v) is 7.51. The van der Waals surface area contributed by atoms with Crippen molar-refractivity contribution in [3.8, 4) is 33.5 Å². The first kappa shape index (κ1) is 26.0. The molecule has 2 aromatic heterocycles. The molecule has 1 spiro atoms. The van der Waals surface area contributed by atoms with E-state index in [1.807, 2.05) is 12.3 Å². The van der Waals surface area contributed by atoms with Crippen LogP contribution in [0.15, 0.2) is 128 Å². The van der Waals surface area contributed by atoms with Crippen molar-refractivity contribution in [3.63, 3.8) is 0 Å². The Morgan fingerprint density at radius 1 is 0.667 bits per heavy atom. The fourth-order valence-electron chi connectivity index (χ4n) is 7.51. The lowest BCUT2D eigenvalue weighted by molar-refractivity contribution is 0.359. The summed E-state index contributed by atoms with van der Waals surface area (Å²) in [5, 5.41) is 7.49. The summed E-state index contributed by atoms with van der Waals surface area (Å²) in [6.45, 7) is 2.85. The average molecular weight is 584 g/mol. The van der Waals surface area contributed by atoms with Crippen molar-refractivity contribution in [2.45, 2.75) is 18.3 Å². The van der Waals surface area contributed by atoms with Crippen LogP contribution in [-0.4, -0.2) is 34.6 Å². The van der Waals surface area contributed by atoms with Crippen molar-refractivity contribution in [3.05, 3.63) is 133 Å². The Bertz CT molecular complexity index is 2180.